The number of hydrogen-bond acceptors (Lipinski definition) is 4. The van der Waals surface area contributed by atoms with Gasteiger partial charge in [0.25, 0.3) is 5.91 Å². The topological polar surface area (TPSA) is 83.8 Å². The highest BCUT2D eigenvalue weighted by Crippen LogP contribution is 2.15. The van der Waals surface area contributed by atoms with Gasteiger partial charge in [0.2, 0.25) is 10.0 Å². The summed E-state index contributed by atoms with van der Waals surface area (Å²) in [7, 11) is -3.27. The Morgan fingerprint density at radius 1 is 1.43 bits per heavy atom. The van der Waals surface area contributed by atoms with Crippen molar-refractivity contribution < 1.29 is 13.2 Å². The molecule has 1 fully saturated rings. The summed E-state index contributed by atoms with van der Waals surface area (Å²) in [5.74, 6) is -0.161. The number of likely N-dealkylation sites (tertiary alicyclic amines) is 1. The van der Waals surface area contributed by atoms with E-state index in [0.29, 0.717) is 18.8 Å². The van der Waals surface area contributed by atoms with Crippen LogP contribution in [0, 0.1) is 6.92 Å². The zero-order chi connectivity index (χ0) is 16.6. The second-order valence-electron chi connectivity index (χ2n) is 6.08. The standard InChI is InChI=1S/C15H20N4O3S/c1-11-5-7-18-10-13(16-14(18)8-11)15(20)19-6-3-4-12(9-19)17-23(2,21)22/h5,7-8,10,12,17H,3-4,6,9H2,1-2H3. The van der Waals surface area contributed by atoms with Crippen molar-refractivity contribution in [3.8, 4) is 0 Å². The molecule has 1 amide bonds. The molecule has 8 heteroatoms. The van der Waals surface area contributed by atoms with Gasteiger partial charge in [-0.25, -0.2) is 18.1 Å². The molecule has 23 heavy (non-hydrogen) atoms. The van der Waals surface area contributed by atoms with Gasteiger partial charge in [-0.1, -0.05) is 0 Å². The van der Waals surface area contributed by atoms with Crippen LogP contribution in [0.2, 0.25) is 0 Å². The highest BCUT2D eigenvalue weighted by atomic mass is 32.2. The van der Waals surface area contributed by atoms with E-state index in [-0.39, 0.29) is 11.9 Å². The van der Waals surface area contributed by atoms with Crippen molar-refractivity contribution in [2.24, 2.45) is 0 Å². The molecule has 1 aliphatic heterocycles. The second kappa shape index (κ2) is 5.93. The van der Waals surface area contributed by atoms with Gasteiger partial charge in [0.05, 0.1) is 6.26 Å². The van der Waals surface area contributed by atoms with E-state index in [1.165, 1.54) is 0 Å². The van der Waals surface area contributed by atoms with E-state index in [0.717, 1.165) is 30.3 Å². The van der Waals surface area contributed by atoms with E-state index >= 15 is 0 Å². The van der Waals surface area contributed by atoms with Gasteiger partial charge >= 0.3 is 0 Å². The quantitative estimate of drug-likeness (QED) is 0.898. The number of aryl methyl sites for hydroxylation is 1. The molecule has 1 unspecified atom stereocenters. The summed E-state index contributed by atoms with van der Waals surface area (Å²) in [6.45, 7) is 2.97. The maximum absolute atomic E-state index is 12.6. The van der Waals surface area contributed by atoms with Gasteiger partial charge in [-0.15, -0.1) is 0 Å². The van der Waals surface area contributed by atoms with Crippen LogP contribution >= 0.6 is 0 Å². The maximum atomic E-state index is 12.6. The highest BCUT2D eigenvalue weighted by Gasteiger charge is 2.27. The summed E-state index contributed by atoms with van der Waals surface area (Å²) < 4.78 is 27.1. The van der Waals surface area contributed by atoms with Crippen molar-refractivity contribution >= 4 is 21.6 Å². The normalized spacial score (nSPS) is 19.2. The number of carbonyl (C=O) groups is 1. The molecular formula is C15H20N4O3S. The molecule has 3 heterocycles. The third-order valence-corrected chi connectivity index (χ3v) is 4.69. The number of pyridine rings is 1. The molecule has 0 aliphatic carbocycles. The molecule has 7 nitrogen and oxygen atoms in total. The van der Waals surface area contributed by atoms with Crippen LogP contribution in [0.1, 0.15) is 28.9 Å². The molecule has 0 bridgehead atoms. The molecule has 1 N–H and O–H groups in total. The molecule has 0 spiro atoms. The summed E-state index contributed by atoms with van der Waals surface area (Å²) in [4.78, 5) is 18.7. The Bertz CT molecular complexity index is 844. The van der Waals surface area contributed by atoms with E-state index < -0.39 is 10.0 Å². The van der Waals surface area contributed by atoms with Crippen molar-refractivity contribution in [3.05, 3.63) is 35.8 Å². The second-order valence-corrected chi connectivity index (χ2v) is 7.86. The van der Waals surface area contributed by atoms with Gasteiger partial charge in [-0.3, -0.25) is 4.79 Å². The van der Waals surface area contributed by atoms with E-state index in [4.69, 9.17) is 0 Å². The Morgan fingerprint density at radius 3 is 2.96 bits per heavy atom. The van der Waals surface area contributed by atoms with Crippen LogP contribution in [0.3, 0.4) is 0 Å². The lowest BCUT2D eigenvalue weighted by Gasteiger charge is -2.32. The van der Waals surface area contributed by atoms with Crippen LogP contribution in [-0.4, -0.2) is 54.0 Å². The van der Waals surface area contributed by atoms with Crippen LogP contribution in [0.15, 0.2) is 24.5 Å². The molecule has 0 aromatic carbocycles. The number of fused-ring (bicyclic) bond motifs is 1. The van der Waals surface area contributed by atoms with Gasteiger partial charge < -0.3 is 9.30 Å². The minimum absolute atomic E-state index is 0.161. The SMILES string of the molecule is Cc1ccn2cc(C(=O)N3CCCC(NS(C)(=O)=O)C3)nc2c1. The van der Waals surface area contributed by atoms with Crippen molar-refractivity contribution in [2.75, 3.05) is 19.3 Å². The first-order valence-corrected chi connectivity index (χ1v) is 9.43. The van der Waals surface area contributed by atoms with Gasteiger partial charge in [-0.05, 0) is 37.5 Å². The molecule has 2 aromatic rings. The maximum Gasteiger partial charge on any atom is 0.274 e. The van der Waals surface area contributed by atoms with E-state index in [1.807, 2.05) is 29.7 Å². The van der Waals surface area contributed by atoms with Crippen LogP contribution in [0.5, 0.6) is 0 Å². The molecule has 0 saturated carbocycles. The predicted molar refractivity (Wildman–Crippen MR) is 86.8 cm³/mol. The fraction of sp³-hybridized carbons (Fsp3) is 0.467. The lowest BCUT2D eigenvalue weighted by molar-refractivity contribution is 0.0698. The van der Waals surface area contributed by atoms with E-state index in [9.17, 15) is 13.2 Å². The Kier molecular flexibility index (Phi) is 4.11. The number of amides is 1. The number of nitrogens with zero attached hydrogens (tertiary/aromatic N) is 3. The summed E-state index contributed by atoms with van der Waals surface area (Å²) in [6.07, 6.45) is 6.23. The van der Waals surface area contributed by atoms with Gasteiger partial charge in [-0.2, -0.15) is 0 Å². The molecule has 1 saturated heterocycles. The van der Waals surface area contributed by atoms with Crippen LogP contribution in [0.25, 0.3) is 5.65 Å². The first-order valence-electron chi connectivity index (χ1n) is 7.54. The number of sulfonamides is 1. The zero-order valence-electron chi connectivity index (χ0n) is 13.2. The molecule has 124 valence electrons. The number of rotatable bonds is 3. The zero-order valence-corrected chi connectivity index (χ0v) is 14.0. The minimum atomic E-state index is -3.27. The number of aromatic nitrogens is 2. The number of imidazole rings is 1. The molecular weight excluding hydrogens is 316 g/mol. The van der Waals surface area contributed by atoms with E-state index in [2.05, 4.69) is 9.71 Å². The number of carbonyl (C=O) groups excluding carboxylic acids is 1. The predicted octanol–water partition coefficient (Wildman–Crippen LogP) is 0.797. The number of piperidine rings is 1. The monoisotopic (exact) mass is 336 g/mol. The molecule has 1 atom stereocenters. The third-order valence-electron chi connectivity index (χ3n) is 3.92. The smallest absolute Gasteiger partial charge is 0.274 e. The Morgan fingerprint density at radius 2 is 2.22 bits per heavy atom. The number of nitrogens with one attached hydrogen (secondary N) is 1. The van der Waals surface area contributed by atoms with Crippen molar-refractivity contribution in [3.63, 3.8) is 0 Å². The first-order chi connectivity index (χ1) is 10.8. The van der Waals surface area contributed by atoms with E-state index in [1.54, 1.807) is 11.1 Å². The minimum Gasteiger partial charge on any atom is -0.336 e. The van der Waals surface area contributed by atoms with Crippen LogP contribution in [-0.2, 0) is 10.0 Å². The fourth-order valence-electron chi connectivity index (χ4n) is 2.91. The average molecular weight is 336 g/mol. The Hall–Kier alpha value is -1.93. The van der Waals surface area contributed by atoms with Crippen LogP contribution in [0.4, 0.5) is 0 Å². The number of hydrogen-bond donors (Lipinski definition) is 1. The van der Waals surface area contributed by atoms with Gasteiger partial charge in [0.1, 0.15) is 11.3 Å². The third kappa shape index (κ3) is 3.70. The molecule has 2 aromatic heterocycles. The molecule has 3 rings (SSSR count). The fourth-order valence-corrected chi connectivity index (χ4v) is 3.71. The summed E-state index contributed by atoms with van der Waals surface area (Å²) in [5, 5.41) is 0. The Labute approximate surface area is 135 Å². The average Bonchev–Trinajstić information content (AvgIpc) is 2.88. The van der Waals surface area contributed by atoms with Crippen molar-refractivity contribution in [1.29, 1.82) is 0 Å². The van der Waals surface area contributed by atoms with Gasteiger partial charge in [0.15, 0.2) is 0 Å². The van der Waals surface area contributed by atoms with Crippen molar-refractivity contribution in [1.82, 2.24) is 19.0 Å². The van der Waals surface area contributed by atoms with Crippen LogP contribution < -0.4 is 4.72 Å². The summed E-state index contributed by atoms with van der Waals surface area (Å²) in [6, 6.07) is 3.64. The molecule has 0 radical (unpaired) electrons. The summed E-state index contributed by atoms with van der Waals surface area (Å²) in [5.41, 5.74) is 2.20. The van der Waals surface area contributed by atoms with Gasteiger partial charge in [0, 0.05) is 31.5 Å². The van der Waals surface area contributed by atoms with Crippen molar-refractivity contribution in [2.45, 2.75) is 25.8 Å². The lowest BCUT2D eigenvalue weighted by Crippen LogP contribution is -2.49. The summed E-state index contributed by atoms with van der Waals surface area (Å²) >= 11 is 0. The lowest BCUT2D eigenvalue weighted by atomic mass is 10.1. The Balaban J connectivity index is 1.78. The molecule has 1 aliphatic rings. The largest absolute Gasteiger partial charge is 0.336 e. The highest BCUT2D eigenvalue weighted by molar-refractivity contribution is 7.88. The first kappa shape index (κ1) is 15.9.